The second kappa shape index (κ2) is 8.81. The summed E-state index contributed by atoms with van der Waals surface area (Å²) in [6.07, 6.45) is -0.0180. The molecule has 1 aromatic carbocycles. The number of carboxylic acid groups (broad SMARTS) is 1. The lowest BCUT2D eigenvalue weighted by Crippen LogP contribution is -2.51. The molecule has 1 aromatic rings. The fraction of sp³-hybridized carbons (Fsp3) is 0.500. The first kappa shape index (κ1) is 23.1. The molecule has 0 bridgehead atoms. The average Bonchev–Trinajstić information content (AvgIpc) is 2.53. The van der Waals surface area contributed by atoms with E-state index < -0.39 is 60.5 Å². The van der Waals surface area contributed by atoms with Crippen LogP contribution in [-0.4, -0.2) is 61.2 Å². The predicted octanol–water partition coefficient (Wildman–Crippen LogP) is 0.127. The maximum atomic E-state index is 12.7. The minimum Gasteiger partial charge on any atom is -0.481 e. The number of carbonyl (C=O) groups excluding carboxylic acids is 1. The fourth-order valence-corrected chi connectivity index (χ4v) is 4.16. The molecule has 0 aliphatic rings. The molecule has 0 aliphatic heterocycles. The Bertz CT molecular complexity index is 876. The monoisotopic (exact) mass is 421 g/mol. The van der Waals surface area contributed by atoms with Crippen LogP contribution in [0.3, 0.4) is 0 Å². The molecule has 0 saturated carbocycles. The van der Waals surface area contributed by atoms with Crippen LogP contribution in [0.4, 0.5) is 0 Å². The van der Waals surface area contributed by atoms with Crippen LogP contribution in [-0.2, 0) is 36.0 Å². The van der Waals surface area contributed by atoms with Gasteiger partial charge >= 0.3 is 5.97 Å². The van der Waals surface area contributed by atoms with Gasteiger partial charge in [-0.05, 0) is 25.8 Å². The summed E-state index contributed by atoms with van der Waals surface area (Å²) < 4.78 is 53.4. The van der Waals surface area contributed by atoms with Gasteiger partial charge in [0.1, 0.15) is 4.75 Å². The van der Waals surface area contributed by atoms with E-state index in [1.807, 2.05) is 0 Å². The predicted molar refractivity (Wildman–Crippen MR) is 98.6 cm³/mol. The van der Waals surface area contributed by atoms with Crippen molar-refractivity contribution >= 4 is 31.8 Å². The van der Waals surface area contributed by atoms with E-state index in [1.54, 1.807) is 30.3 Å². The summed E-state index contributed by atoms with van der Waals surface area (Å²) >= 11 is 0. The van der Waals surface area contributed by atoms with Gasteiger partial charge in [0.25, 0.3) is 10.1 Å². The largest absolute Gasteiger partial charge is 0.481 e. The number of hydrogen-bond acceptors (Lipinski definition) is 6. The first-order chi connectivity index (χ1) is 12.3. The molecule has 0 aliphatic carbocycles. The van der Waals surface area contributed by atoms with E-state index in [-0.39, 0.29) is 6.42 Å². The van der Waals surface area contributed by atoms with E-state index in [1.165, 1.54) is 0 Å². The minimum absolute atomic E-state index is 0.0180. The summed E-state index contributed by atoms with van der Waals surface area (Å²) in [6, 6.07) is 8.51. The number of amides is 1. The van der Waals surface area contributed by atoms with Crippen molar-refractivity contribution < 1.29 is 36.1 Å². The van der Waals surface area contributed by atoms with Gasteiger partial charge in [-0.3, -0.25) is 14.1 Å². The molecule has 0 aromatic heterocycles. The lowest BCUT2D eigenvalue weighted by molar-refractivity contribution is -0.141. The molecule has 3 N–H and O–H groups in total. The Balaban J connectivity index is 2.90. The zero-order chi connectivity index (χ0) is 20.9. The average molecular weight is 421 g/mol. The molecule has 1 unspecified atom stereocenters. The van der Waals surface area contributed by atoms with Gasteiger partial charge in [-0.2, -0.15) is 8.42 Å². The van der Waals surface area contributed by atoms with Crippen LogP contribution in [0.15, 0.2) is 30.3 Å². The molecule has 0 fully saturated rings. The number of nitrogens with one attached hydrogen (secondary N) is 1. The Labute approximate surface area is 158 Å². The second-order valence-electron chi connectivity index (χ2n) is 6.56. The van der Waals surface area contributed by atoms with E-state index in [0.29, 0.717) is 5.56 Å². The fourth-order valence-electron chi connectivity index (χ4n) is 2.24. The van der Waals surface area contributed by atoms with Gasteiger partial charge in [0.15, 0.2) is 9.84 Å². The zero-order valence-electron chi connectivity index (χ0n) is 15.0. The Morgan fingerprint density at radius 3 is 2.15 bits per heavy atom. The molecule has 1 amide bonds. The van der Waals surface area contributed by atoms with Crippen molar-refractivity contribution in [1.82, 2.24) is 5.32 Å². The topological polar surface area (TPSA) is 155 Å². The molecule has 1 rings (SSSR count). The highest BCUT2D eigenvalue weighted by molar-refractivity contribution is 7.93. The number of rotatable bonds is 10. The van der Waals surface area contributed by atoms with E-state index in [0.717, 1.165) is 13.8 Å². The summed E-state index contributed by atoms with van der Waals surface area (Å²) in [5, 5.41) is 11.5. The van der Waals surface area contributed by atoms with E-state index in [4.69, 9.17) is 4.55 Å². The van der Waals surface area contributed by atoms with Crippen molar-refractivity contribution in [3.63, 3.8) is 0 Å². The number of aliphatic carboxylic acids is 1. The normalized spacial score (nSPS) is 13.7. The van der Waals surface area contributed by atoms with Crippen molar-refractivity contribution in [1.29, 1.82) is 0 Å². The minimum atomic E-state index is -4.31. The van der Waals surface area contributed by atoms with Crippen LogP contribution >= 0.6 is 0 Å². The van der Waals surface area contributed by atoms with E-state index in [2.05, 4.69) is 5.32 Å². The SMILES string of the molecule is CC(C)(C(=O)NCCS(=O)(=O)O)S(=O)(=O)CC(Cc1ccccc1)C(=O)O. The van der Waals surface area contributed by atoms with Crippen LogP contribution in [0.5, 0.6) is 0 Å². The molecule has 11 heteroatoms. The first-order valence-corrected chi connectivity index (χ1v) is 11.2. The molecular weight excluding hydrogens is 398 g/mol. The number of benzene rings is 1. The van der Waals surface area contributed by atoms with Gasteiger partial charge in [-0.15, -0.1) is 0 Å². The molecule has 0 radical (unpaired) electrons. The standard InChI is InChI=1S/C16H23NO8S2/c1-16(2,15(20)17-8-9-27(23,24)25)26(21,22)11-13(14(18)19)10-12-6-4-3-5-7-12/h3-7,13H,8-11H2,1-2H3,(H,17,20)(H,18,19)(H,23,24,25). The Morgan fingerprint density at radius 2 is 1.67 bits per heavy atom. The summed E-state index contributed by atoms with van der Waals surface area (Å²) in [4.78, 5) is 23.7. The number of hydrogen-bond donors (Lipinski definition) is 3. The smallest absolute Gasteiger partial charge is 0.307 e. The molecule has 27 heavy (non-hydrogen) atoms. The van der Waals surface area contributed by atoms with Gasteiger partial charge in [-0.1, -0.05) is 30.3 Å². The van der Waals surface area contributed by atoms with Crippen LogP contribution < -0.4 is 5.32 Å². The maximum absolute atomic E-state index is 12.7. The summed E-state index contributed by atoms with van der Waals surface area (Å²) in [5.74, 6) is -5.04. The molecule has 0 spiro atoms. The van der Waals surface area contributed by atoms with Crippen LogP contribution in [0.25, 0.3) is 0 Å². The third-order valence-electron chi connectivity index (χ3n) is 4.06. The molecule has 152 valence electrons. The first-order valence-electron chi connectivity index (χ1n) is 7.99. The molecule has 9 nitrogen and oxygen atoms in total. The van der Waals surface area contributed by atoms with Gasteiger partial charge in [0.2, 0.25) is 5.91 Å². The Kier molecular flexibility index (Phi) is 7.52. The highest BCUT2D eigenvalue weighted by atomic mass is 32.2. The van der Waals surface area contributed by atoms with Crippen molar-refractivity contribution in [2.45, 2.75) is 25.0 Å². The van der Waals surface area contributed by atoms with Crippen LogP contribution in [0.1, 0.15) is 19.4 Å². The van der Waals surface area contributed by atoms with E-state index in [9.17, 15) is 31.5 Å². The van der Waals surface area contributed by atoms with Gasteiger partial charge in [-0.25, -0.2) is 8.42 Å². The third kappa shape index (κ3) is 6.92. The van der Waals surface area contributed by atoms with Gasteiger partial charge in [0, 0.05) is 6.54 Å². The van der Waals surface area contributed by atoms with E-state index >= 15 is 0 Å². The van der Waals surface area contributed by atoms with Gasteiger partial charge < -0.3 is 10.4 Å². The summed E-state index contributed by atoms with van der Waals surface area (Å²) in [7, 11) is -8.50. The number of sulfone groups is 1. The van der Waals surface area contributed by atoms with Crippen LogP contribution in [0, 0.1) is 5.92 Å². The number of carboxylic acids is 1. The quantitative estimate of drug-likeness (QED) is 0.450. The lowest BCUT2D eigenvalue weighted by Gasteiger charge is -2.25. The third-order valence-corrected chi connectivity index (χ3v) is 7.37. The second-order valence-corrected chi connectivity index (χ2v) is 10.7. The highest BCUT2D eigenvalue weighted by Gasteiger charge is 2.43. The van der Waals surface area contributed by atoms with Crippen molar-refractivity contribution in [2.24, 2.45) is 5.92 Å². The zero-order valence-corrected chi connectivity index (χ0v) is 16.6. The molecule has 0 saturated heterocycles. The Hall–Kier alpha value is -1.98. The van der Waals surface area contributed by atoms with Gasteiger partial charge in [0.05, 0.1) is 17.4 Å². The van der Waals surface area contributed by atoms with Crippen LogP contribution in [0.2, 0.25) is 0 Å². The highest BCUT2D eigenvalue weighted by Crippen LogP contribution is 2.22. The number of carbonyl (C=O) groups is 2. The molecule has 1 atom stereocenters. The van der Waals surface area contributed by atoms with Crippen molar-refractivity contribution in [3.05, 3.63) is 35.9 Å². The maximum Gasteiger partial charge on any atom is 0.307 e. The molecular formula is C16H23NO8S2. The molecule has 0 heterocycles. The van der Waals surface area contributed by atoms with Crippen molar-refractivity contribution in [3.8, 4) is 0 Å². The lowest BCUT2D eigenvalue weighted by atomic mass is 10.0. The Morgan fingerprint density at radius 1 is 1.11 bits per heavy atom. The summed E-state index contributed by atoms with van der Waals surface area (Å²) in [6.45, 7) is 1.77. The summed E-state index contributed by atoms with van der Waals surface area (Å²) in [5.41, 5.74) is 0.649. The van der Waals surface area contributed by atoms with Crippen molar-refractivity contribution in [2.75, 3.05) is 18.1 Å².